The van der Waals surface area contributed by atoms with Gasteiger partial charge >= 0.3 is 5.97 Å². The van der Waals surface area contributed by atoms with Crippen LogP contribution in [-0.2, 0) is 4.79 Å². The Hall–Kier alpha value is -2.42. The van der Waals surface area contributed by atoms with Gasteiger partial charge in [0, 0.05) is 17.9 Å². The van der Waals surface area contributed by atoms with E-state index in [1.54, 1.807) is 6.92 Å². The third-order valence-corrected chi connectivity index (χ3v) is 2.64. The highest BCUT2D eigenvalue weighted by atomic mass is 19.1. The van der Waals surface area contributed by atoms with Crippen LogP contribution in [-0.4, -0.2) is 23.0 Å². The van der Waals surface area contributed by atoms with Gasteiger partial charge in [-0.3, -0.25) is 4.79 Å². The largest absolute Gasteiger partial charge is 0.480 e. The highest BCUT2D eigenvalue weighted by Gasteiger charge is 2.26. The van der Waals surface area contributed by atoms with Gasteiger partial charge in [0.2, 0.25) is 0 Å². The Balaban J connectivity index is 2.80. The number of aliphatic carboxylic acids is 1. The molecule has 1 rings (SSSR count). The van der Waals surface area contributed by atoms with Gasteiger partial charge in [0.05, 0.1) is 6.07 Å². The molecular weight excluding hydrogens is 251 g/mol. The second-order valence-corrected chi connectivity index (χ2v) is 4.14. The summed E-state index contributed by atoms with van der Waals surface area (Å²) >= 11 is 0. The summed E-state index contributed by atoms with van der Waals surface area (Å²) in [5.41, 5.74) is 0.164. The quantitative estimate of drug-likeness (QED) is 0.844. The van der Waals surface area contributed by atoms with Crippen LogP contribution in [0.3, 0.4) is 0 Å². The fourth-order valence-electron chi connectivity index (χ4n) is 1.54. The average molecular weight is 264 g/mol. The molecule has 0 bridgehead atoms. The molecule has 0 unspecified atom stereocenters. The molecule has 0 heterocycles. The van der Waals surface area contributed by atoms with Crippen LogP contribution in [0.15, 0.2) is 24.3 Å². The lowest BCUT2D eigenvalue weighted by atomic mass is 9.98. The first kappa shape index (κ1) is 14.6. The van der Waals surface area contributed by atoms with Crippen molar-refractivity contribution >= 4 is 11.9 Å². The molecule has 6 heteroatoms. The maximum Gasteiger partial charge on any atom is 0.326 e. The van der Waals surface area contributed by atoms with Crippen molar-refractivity contribution in [1.82, 2.24) is 5.32 Å². The third-order valence-electron chi connectivity index (χ3n) is 2.64. The van der Waals surface area contributed by atoms with Crippen molar-refractivity contribution in [2.45, 2.75) is 19.4 Å². The lowest BCUT2D eigenvalue weighted by molar-refractivity contribution is -0.140. The van der Waals surface area contributed by atoms with Crippen molar-refractivity contribution in [1.29, 1.82) is 5.26 Å². The number of nitrogens with zero attached hydrogens (tertiary/aromatic N) is 1. The molecule has 0 radical (unpaired) electrons. The van der Waals surface area contributed by atoms with Crippen molar-refractivity contribution in [3.63, 3.8) is 0 Å². The molecule has 0 aromatic heterocycles. The van der Waals surface area contributed by atoms with Crippen molar-refractivity contribution in [3.8, 4) is 6.07 Å². The molecule has 0 aliphatic rings. The molecule has 100 valence electrons. The normalized spacial score (nSPS) is 13.1. The summed E-state index contributed by atoms with van der Waals surface area (Å²) < 4.78 is 12.7. The van der Waals surface area contributed by atoms with Crippen LogP contribution in [0.4, 0.5) is 4.39 Å². The summed E-state index contributed by atoms with van der Waals surface area (Å²) in [6.07, 6.45) is 0.0145. The molecule has 0 spiro atoms. The van der Waals surface area contributed by atoms with E-state index in [0.29, 0.717) is 0 Å². The van der Waals surface area contributed by atoms with Crippen molar-refractivity contribution in [2.24, 2.45) is 5.92 Å². The van der Waals surface area contributed by atoms with Crippen molar-refractivity contribution < 1.29 is 19.1 Å². The summed E-state index contributed by atoms with van der Waals surface area (Å²) in [7, 11) is 0. The zero-order valence-electron chi connectivity index (χ0n) is 10.3. The number of carboxylic acids is 1. The molecule has 2 atom stereocenters. The zero-order valence-corrected chi connectivity index (χ0v) is 10.3. The second kappa shape index (κ2) is 6.50. The first-order valence-electron chi connectivity index (χ1n) is 5.62. The van der Waals surface area contributed by atoms with E-state index in [1.807, 2.05) is 6.07 Å². The predicted octanol–water partition coefficient (Wildman–Crippen LogP) is 1.56. The van der Waals surface area contributed by atoms with Gasteiger partial charge in [-0.05, 0) is 24.3 Å². The van der Waals surface area contributed by atoms with Crippen molar-refractivity contribution in [2.75, 3.05) is 0 Å². The number of amides is 1. The number of nitrogens with one attached hydrogen (secondary N) is 1. The Labute approximate surface area is 109 Å². The molecule has 1 aromatic carbocycles. The van der Waals surface area contributed by atoms with E-state index in [2.05, 4.69) is 5.32 Å². The average Bonchev–Trinajstić information content (AvgIpc) is 2.36. The standard InChI is InChI=1S/C13H13FN2O3/c1-8(6-7-15)11(13(18)19)16-12(17)9-2-4-10(14)5-3-9/h2-5,8,11H,6H2,1H3,(H,16,17)(H,18,19)/t8-,11+/m0/s1. The van der Waals surface area contributed by atoms with Crippen LogP contribution >= 0.6 is 0 Å². The lowest BCUT2D eigenvalue weighted by Gasteiger charge is -2.19. The Kier molecular flexibility index (Phi) is 5.01. The highest BCUT2D eigenvalue weighted by Crippen LogP contribution is 2.10. The van der Waals surface area contributed by atoms with E-state index < -0.39 is 29.7 Å². The number of carbonyl (C=O) groups is 2. The van der Waals surface area contributed by atoms with Crippen LogP contribution in [0.2, 0.25) is 0 Å². The summed E-state index contributed by atoms with van der Waals surface area (Å²) in [4.78, 5) is 22.9. The lowest BCUT2D eigenvalue weighted by Crippen LogP contribution is -2.45. The monoisotopic (exact) mass is 264 g/mol. The zero-order chi connectivity index (χ0) is 14.4. The van der Waals surface area contributed by atoms with Crippen LogP contribution in [0.5, 0.6) is 0 Å². The van der Waals surface area contributed by atoms with E-state index in [4.69, 9.17) is 10.4 Å². The Morgan fingerprint density at radius 1 is 1.42 bits per heavy atom. The van der Waals surface area contributed by atoms with Gasteiger partial charge in [-0.25, -0.2) is 9.18 Å². The second-order valence-electron chi connectivity index (χ2n) is 4.14. The first-order chi connectivity index (χ1) is 8.95. The Morgan fingerprint density at radius 2 is 2.00 bits per heavy atom. The Morgan fingerprint density at radius 3 is 2.47 bits per heavy atom. The number of hydrogen-bond donors (Lipinski definition) is 2. The highest BCUT2D eigenvalue weighted by molar-refractivity contribution is 5.96. The van der Waals surface area contributed by atoms with Gasteiger partial charge in [0.15, 0.2) is 0 Å². The summed E-state index contributed by atoms with van der Waals surface area (Å²) in [5, 5.41) is 19.9. The molecule has 0 aliphatic carbocycles. The van der Waals surface area contributed by atoms with E-state index >= 15 is 0 Å². The van der Waals surface area contributed by atoms with Crippen LogP contribution in [0, 0.1) is 23.1 Å². The Bertz CT molecular complexity index is 508. The molecule has 1 aromatic rings. The van der Waals surface area contributed by atoms with Gasteiger partial charge in [0.25, 0.3) is 5.91 Å². The van der Waals surface area contributed by atoms with Crippen molar-refractivity contribution in [3.05, 3.63) is 35.6 Å². The van der Waals surface area contributed by atoms with Gasteiger partial charge in [-0.1, -0.05) is 6.92 Å². The number of hydrogen-bond acceptors (Lipinski definition) is 3. The fourth-order valence-corrected chi connectivity index (χ4v) is 1.54. The van der Waals surface area contributed by atoms with E-state index in [1.165, 1.54) is 12.1 Å². The number of halogens is 1. The van der Waals surface area contributed by atoms with E-state index in [-0.39, 0.29) is 12.0 Å². The first-order valence-corrected chi connectivity index (χ1v) is 5.62. The fraction of sp³-hybridized carbons (Fsp3) is 0.308. The molecule has 1 amide bonds. The molecule has 2 N–H and O–H groups in total. The van der Waals surface area contributed by atoms with Crippen LogP contribution in [0.1, 0.15) is 23.7 Å². The predicted molar refractivity (Wildman–Crippen MR) is 64.7 cm³/mol. The number of nitriles is 1. The van der Waals surface area contributed by atoms with Gasteiger partial charge in [0.1, 0.15) is 11.9 Å². The summed E-state index contributed by atoms with van der Waals surface area (Å²) in [5.74, 6) is -2.83. The van der Waals surface area contributed by atoms with E-state index in [0.717, 1.165) is 12.1 Å². The number of carboxylic acid groups (broad SMARTS) is 1. The van der Waals surface area contributed by atoms with Gasteiger partial charge in [-0.15, -0.1) is 0 Å². The van der Waals surface area contributed by atoms with Gasteiger partial charge < -0.3 is 10.4 Å². The van der Waals surface area contributed by atoms with E-state index in [9.17, 15) is 14.0 Å². The molecular formula is C13H13FN2O3. The minimum Gasteiger partial charge on any atom is -0.480 e. The van der Waals surface area contributed by atoms with Crippen LogP contribution < -0.4 is 5.32 Å². The summed E-state index contributed by atoms with van der Waals surface area (Å²) in [6, 6.07) is 5.46. The number of benzene rings is 1. The minimum atomic E-state index is -1.21. The minimum absolute atomic E-state index is 0.0145. The topological polar surface area (TPSA) is 90.2 Å². The molecule has 0 fully saturated rings. The molecule has 0 saturated heterocycles. The smallest absolute Gasteiger partial charge is 0.326 e. The number of carbonyl (C=O) groups excluding carboxylic acids is 1. The summed E-state index contributed by atoms with van der Waals surface area (Å²) in [6.45, 7) is 1.56. The molecule has 0 saturated carbocycles. The van der Waals surface area contributed by atoms with Gasteiger partial charge in [-0.2, -0.15) is 5.26 Å². The maximum absolute atomic E-state index is 12.7. The molecule has 5 nitrogen and oxygen atoms in total. The molecule has 0 aliphatic heterocycles. The van der Waals surface area contributed by atoms with Crippen LogP contribution in [0.25, 0.3) is 0 Å². The number of rotatable bonds is 5. The molecule has 19 heavy (non-hydrogen) atoms. The third kappa shape index (κ3) is 4.07. The SMILES string of the molecule is C[C@@H](CC#N)[C@@H](NC(=O)c1ccc(F)cc1)C(=O)O. The maximum atomic E-state index is 12.7.